The second-order valence-corrected chi connectivity index (χ2v) is 8.77. The highest BCUT2D eigenvalue weighted by atomic mass is 35.5. The molecule has 0 aliphatic carbocycles. The maximum absolute atomic E-state index is 13.7. The van der Waals surface area contributed by atoms with Crippen LogP contribution >= 0.6 is 11.6 Å². The van der Waals surface area contributed by atoms with Gasteiger partial charge in [0.25, 0.3) is 5.91 Å². The van der Waals surface area contributed by atoms with Crippen LogP contribution in [0.4, 0.5) is 13.2 Å². The summed E-state index contributed by atoms with van der Waals surface area (Å²) in [6, 6.07) is 24.5. The van der Waals surface area contributed by atoms with Gasteiger partial charge in [0, 0.05) is 18.2 Å². The summed E-state index contributed by atoms with van der Waals surface area (Å²) in [7, 11) is 0. The molecule has 178 valence electrons. The number of nitrogens with one attached hydrogen (secondary N) is 1. The Morgan fingerprint density at radius 2 is 1.60 bits per heavy atom. The molecule has 0 bridgehead atoms. The summed E-state index contributed by atoms with van der Waals surface area (Å²) in [6.07, 6.45) is -2.97. The van der Waals surface area contributed by atoms with Crippen LogP contribution < -0.4 is 5.32 Å². The van der Waals surface area contributed by atoms with Crippen molar-refractivity contribution in [1.82, 2.24) is 10.3 Å². The zero-order valence-corrected chi connectivity index (χ0v) is 19.6. The van der Waals surface area contributed by atoms with E-state index < -0.39 is 23.2 Å². The van der Waals surface area contributed by atoms with Gasteiger partial charge in [0.15, 0.2) is 0 Å². The molecule has 1 atom stereocenters. The molecule has 0 radical (unpaired) electrons. The molecular weight excluding hydrogens is 473 g/mol. The third kappa shape index (κ3) is 5.54. The Labute approximate surface area is 206 Å². The van der Waals surface area contributed by atoms with E-state index in [2.05, 4.69) is 10.3 Å². The van der Waals surface area contributed by atoms with Crippen molar-refractivity contribution in [1.29, 1.82) is 0 Å². The van der Waals surface area contributed by atoms with Crippen molar-refractivity contribution in [3.63, 3.8) is 0 Å². The van der Waals surface area contributed by atoms with E-state index >= 15 is 0 Å². The minimum Gasteiger partial charge on any atom is -0.337 e. The van der Waals surface area contributed by atoms with Crippen molar-refractivity contribution in [3.8, 4) is 0 Å². The molecule has 4 aromatic rings. The van der Waals surface area contributed by atoms with Crippen LogP contribution in [-0.4, -0.2) is 10.9 Å². The van der Waals surface area contributed by atoms with E-state index in [0.717, 1.165) is 23.3 Å². The van der Waals surface area contributed by atoms with Gasteiger partial charge in [-0.15, -0.1) is 0 Å². The van der Waals surface area contributed by atoms with Crippen molar-refractivity contribution in [3.05, 3.63) is 136 Å². The molecule has 1 unspecified atom stereocenters. The van der Waals surface area contributed by atoms with Gasteiger partial charge in [0.1, 0.15) is 5.54 Å². The summed E-state index contributed by atoms with van der Waals surface area (Å²) in [6.45, 7) is 1.86. The smallest absolute Gasteiger partial charge is 0.337 e. The third-order valence-corrected chi connectivity index (χ3v) is 5.99. The molecule has 0 spiro atoms. The van der Waals surface area contributed by atoms with Crippen molar-refractivity contribution in [2.75, 3.05) is 0 Å². The molecule has 1 N–H and O–H groups in total. The molecule has 35 heavy (non-hydrogen) atoms. The molecule has 3 nitrogen and oxygen atoms in total. The molecular formula is C28H22ClF3N2O. The average molecular weight is 495 g/mol. The number of aryl methyl sites for hydroxylation is 1. The average Bonchev–Trinajstić information content (AvgIpc) is 2.84. The van der Waals surface area contributed by atoms with Crippen molar-refractivity contribution in [2.24, 2.45) is 0 Å². The lowest BCUT2D eigenvalue weighted by Gasteiger charge is -2.36. The van der Waals surface area contributed by atoms with E-state index in [9.17, 15) is 18.0 Å². The standard InChI is InChI=1S/C28H22ClF3N2O/c1-19-7-5-10-21(15-19)26(35)34-27(17-20-8-3-2-4-9-20,25-14-13-24(29)18-33-25)22-11-6-12-23(16-22)28(30,31)32/h2-16,18H,17H2,1H3,(H,34,35). The normalized spacial score (nSPS) is 13.2. The lowest BCUT2D eigenvalue weighted by molar-refractivity contribution is -0.137. The topological polar surface area (TPSA) is 42.0 Å². The minimum atomic E-state index is -4.55. The zero-order valence-electron chi connectivity index (χ0n) is 18.8. The zero-order chi connectivity index (χ0) is 25.1. The van der Waals surface area contributed by atoms with Crippen LogP contribution in [0.5, 0.6) is 0 Å². The first-order valence-corrected chi connectivity index (χ1v) is 11.3. The summed E-state index contributed by atoms with van der Waals surface area (Å²) >= 11 is 6.07. The van der Waals surface area contributed by atoms with Gasteiger partial charge >= 0.3 is 6.18 Å². The number of carbonyl (C=O) groups excluding carboxylic acids is 1. The summed E-state index contributed by atoms with van der Waals surface area (Å²) in [5, 5.41) is 3.41. The predicted molar refractivity (Wildman–Crippen MR) is 130 cm³/mol. The number of aromatic nitrogens is 1. The molecule has 4 rings (SSSR count). The summed E-state index contributed by atoms with van der Waals surface area (Å²) in [5.74, 6) is -0.432. The van der Waals surface area contributed by atoms with Crippen molar-refractivity contribution < 1.29 is 18.0 Å². The number of pyridine rings is 1. The van der Waals surface area contributed by atoms with Gasteiger partial charge in [-0.3, -0.25) is 9.78 Å². The molecule has 1 heterocycles. The molecule has 1 aromatic heterocycles. The first-order chi connectivity index (χ1) is 16.7. The fourth-order valence-corrected chi connectivity index (χ4v) is 4.18. The molecule has 0 aliphatic heterocycles. The summed E-state index contributed by atoms with van der Waals surface area (Å²) in [5.41, 5.74) is 0.488. The second-order valence-electron chi connectivity index (χ2n) is 8.33. The van der Waals surface area contributed by atoms with Gasteiger partial charge in [-0.05, 0) is 54.4 Å². The largest absolute Gasteiger partial charge is 0.416 e. The van der Waals surface area contributed by atoms with Gasteiger partial charge in [-0.25, -0.2) is 0 Å². The van der Waals surface area contributed by atoms with E-state index in [-0.39, 0.29) is 12.0 Å². The fraction of sp³-hybridized carbons (Fsp3) is 0.143. The number of alkyl halides is 3. The number of benzene rings is 3. The van der Waals surface area contributed by atoms with Crippen LogP contribution in [0.3, 0.4) is 0 Å². The van der Waals surface area contributed by atoms with Gasteiger partial charge in [-0.2, -0.15) is 13.2 Å². The Morgan fingerprint density at radius 1 is 0.886 bits per heavy atom. The maximum atomic E-state index is 13.7. The predicted octanol–water partition coefficient (Wildman–Crippen LogP) is 6.98. The first kappa shape index (κ1) is 24.5. The van der Waals surface area contributed by atoms with Gasteiger partial charge in [0.05, 0.1) is 16.3 Å². The highest BCUT2D eigenvalue weighted by molar-refractivity contribution is 6.30. The highest BCUT2D eigenvalue weighted by Crippen LogP contribution is 2.37. The molecule has 0 saturated carbocycles. The van der Waals surface area contributed by atoms with E-state index in [4.69, 9.17) is 11.6 Å². The number of hydrogen-bond acceptors (Lipinski definition) is 2. The Hall–Kier alpha value is -3.64. The molecule has 0 saturated heterocycles. The molecule has 0 aliphatic rings. The quantitative estimate of drug-likeness (QED) is 0.314. The summed E-state index contributed by atoms with van der Waals surface area (Å²) in [4.78, 5) is 18.0. The number of amides is 1. The van der Waals surface area contributed by atoms with E-state index in [1.165, 1.54) is 12.3 Å². The fourth-order valence-electron chi connectivity index (χ4n) is 4.06. The van der Waals surface area contributed by atoms with E-state index in [1.807, 2.05) is 43.3 Å². The number of hydrogen-bond donors (Lipinski definition) is 1. The van der Waals surface area contributed by atoms with Gasteiger partial charge in [-0.1, -0.05) is 71.8 Å². The first-order valence-electron chi connectivity index (χ1n) is 10.9. The maximum Gasteiger partial charge on any atom is 0.416 e. The molecule has 7 heteroatoms. The van der Waals surface area contributed by atoms with Crippen molar-refractivity contribution >= 4 is 17.5 Å². The Balaban J connectivity index is 1.94. The van der Waals surface area contributed by atoms with Crippen LogP contribution in [0.15, 0.2) is 97.2 Å². The number of nitrogens with zero attached hydrogens (tertiary/aromatic N) is 1. The number of carbonyl (C=O) groups is 1. The van der Waals surface area contributed by atoms with Crippen molar-refractivity contribution in [2.45, 2.75) is 25.1 Å². The Kier molecular flexibility index (Phi) is 6.94. The van der Waals surface area contributed by atoms with Crippen LogP contribution in [-0.2, 0) is 18.1 Å². The van der Waals surface area contributed by atoms with Crippen LogP contribution in [0.2, 0.25) is 5.02 Å². The van der Waals surface area contributed by atoms with Gasteiger partial charge < -0.3 is 5.32 Å². The Bertz CT molecular complexity index is 1320. The van der Waals surface area contributed by atoms with Gasteiger partial charge in [0.2, 0.25) is 0 Å². The molecule has 0 fully saturated rings. The summed E-state index contributed by atoms with van der Waals surface area (Å²) < 4.78 is 41.1. The number of halogens is 4. The Morgan fingerprint density at radius 3 is 2.26 bits per heavy atom. The molecule has 1 amide bonds. The van der Waals surface area contributed by atoms with Crippen LogP contribution in [0.25, 0.3) is 0 Å². The third-order valence-electron chi connectivity index (χ3n) is 5.77. The van der Waals surface area contributed by atoms with E-state index in [0.29, 0.717) is 16.3 Å². The minimum absolute atomic E-state index is 0.168. The van der Waals surface area contributed by atoms with Crippen LogP contribution in [0.1, 0.15) is 38.3 Å². The lowest BCUT2D eigenvalue weighted by Crippen LogP contribution is -2.49. The highest BCUT2D eigenvalue weighted by Gasteiger charge is 2.40. The van der Waals surface area contributed by atoms with E-state index in [1.54, 1.807) is 36.4 Å². The second kappa shape index (κ2) is 9.92. The monoisotopic (exact) mass is 494 g/mol. The van der Waals surface area contributed by atoms with Crippen LogP contribution in [0, 0.1) is 6.92 Å². The molecule has 3 aromatic carbocycles. The number of rotatable bonds is 6. The lowest BCUT2D eigenvalue weighted by atomic mass is 9.79. The SMILES string of the molecule is Cc1cccc(C(=O)NC(Cc2ccccc2)(c2cccc(C(F)(F)F)c2)c2ccc(Cl)cn2)c1.